The second-order valence-electron chi connectivity index (χ2n) is 1.68. The molecule has 0 radical (unpaired) electrons. The van der Waals surface area contributed by atoms with E-state index in [1.54, 1.807) is 0 Å². The highest BCUT2D eigenvalue weighted by Gasteiger charge is 2.21. The van der Waals surface area contributed by atoms with Gasteiger partial charge >= 0.3 is 11.4 Å². The molecule has 0 aromatic heterocycles. The molecule has 0 spiro atoms. The summed E-state index contributed by atoms with van der Waals surface area (Å²) < 4.78 is 20.9. The quantitative estimate of drug-likeness (QED) is 0.545. The van der Waals surface area contributed by atoms with Crippen molar-refractivity contribution in [1.29, 1.82) is 0 Å². The van der Waals surface area contributed by atoms with Gasteiger partial charge in [0, 0.05) is 4.43 Å². The number of rotatable bonds is 2. The first-order valence-electron chi connectivity index (χ1n) is 2.61. The van der Waals surface area contributed by atoms with Crippen molar-refractivity contribution >= 4 is 34.0 Å². The van der Waals surface area contributed by atoms with Crippen LogP contribution < -0.4 is 0 Å². The van der Waals surface area contributed by atoms with Crippen molar-refractivity contribution in [3.63, 3.8) is 0 Å². The first kappa shape index (κ1) is 7.90. The molecule has 3 nitrogen and oxygen atoms in total. The molecular weight excluding hydrogens is 255 g/mol. The van der Waals surface area contributed by atoms with E-state index in [2.05, 4.69) is 26.8 Å². The maximum absolute atomic E-state index is 10.4. The maximum Gasteiger partial charge on any atom is 0.305 e. The van der Waals surface area contributed by atoms with Gasteiger partial charge in [0.15, 0.2) is 0 Å². The Morgan fingerprint density at radius 1 is 1.78 bits per heavy atom. The summed E-state index contributed by atoms with van der Waals surface area (Å²) in [5.74, 6) is 0. The number of alkyl halides is 1. The van der Waals surface area contributed by atoms with Crippen molar-refractivity contribution in [2.24, 2.45) is 0 Å². The molecular formula is C4H7IO3S. The Morgan fingerprint density at radius 3 is 3.00 bits per heavy atom. The fraction of sp³-hybridized carbons (Fsp3) is 1.00. The molecule has 54 valence electrons. The van der Waals surface area contributed by atoms with Gasteiger partial charge in [-0.15, -0.1) is 0 Å². The SMILES string of the molecule is O=S1OC[C@@H](CCI)O1. The van der Waals surface area contributed by atoms with Crippen molar-refractivity contribution < 1.29 is 12.6 Å². The third kappa shape index (κ3) is 2.48. The Balaban J connectivity index is 2.22. The monoisotopic (exact) mass is 262 g/mol. The van der Waals surface area contributed by atoms with Gasteiger partial charge in [0.2, 0.25) is 0 Å². The zero-order valence-electron chi connectivity index (χ0n) is 4.71. The predicted molar refractivity (Wildman–Crippen MR) is 42.5 cm³/mol. The van der Waals surface area contributed by atoms with Gasteiger partial charge in [0.25, 0.3) is 0 Å². The standard InChI is InChI=1S/C4H7IO3S/c5-2-1-4-3-7-9(6)8-4/h4H,1-3H2/t4-,9?/m1/s1. The van der Waals surface area contributed by atoms with Crippen LogP contribution in [0.1, 0.15) is 6.42 Å². The molecule has 1 rings (SSSR count). The molecule has 1 heterocycles. The van der Waals surface area contributed by atoms with Gasteiger partial charge in [-0.25, -0.2) is 0 Å². The van der Waals surface area contributed by atoms with E-state index < -0.39 is 11.4 Å². The topological polar surface area (TPSA) is 35.5 Å². The lowest BCUT2D eigenvalue weighted by molar-refractivity contribution is 0.237. The highest BCUT2D eigenvalue weighted by Crippen LogP contribution is 2.12. The summed E-state index contributed by atoms with van der Waals surface area (Å²) in [5, 5.41) is 0. The van der Waals surface area contributed by atoms with Gasteiger partial charge in [-0.1, -0.05) is 22.6 Å². The number of halogens is 1. The van der Waals surface area contributed by atoms with E-state index in [0.717, 1.165) is 10.8 Å². The molecule has 2 atom stereocenters. The van der Waals surface area contributed by atoms with Crippen LogP contribution in [0.2, 0.25) is 0 Å². The van der Waals surface area contributed by atoms with Crippen LogP contribution in [-0.2, 0) is 19.7 Å². The molecule has 1 saturated heterocycles. The third-order valence-electron chi connectivity index (χ3n) is 0.996. The minimum Gasteiger partial charge on any atom is -0.266 e. The highest BCUT2D eigenvalue weighted by atomic mass is 127. The van der Waals surface area contributed by atoms with E-state index in [0.29, 0.717) is 6.61 Å². The van der Waals surface area contributed by atoms with Crippen LogP contribution in [0.5, 0.6) is 0 Å². The molecule has 1 aliphatic rings. The molecule has 1 unspecified atom stereocenters. The van der Waals surface area contributed by atoms with Crippen LogP contribution in [0.3, 0.4) is 0 Å². The summed E-state index contributed by atoms with van der Waals surface area (Å²) in [5.41, 5.74) is 0. The highest BCUT2D eigenvalue weighted by molar-refractivity contribution is 14.1. The van der Waals surface area contributed by atoms with Gasteiger partial charge in [-0.3, -0.25) is 8.37 Å². The van der Waals surface area contributed by atoms with E-state index in [1.807, 2.05) is 0 Å². The van der Waals surface area contributed by atoms with Crippen LogP contribution in [0.4, 0.5) is 0 Å². The van der Waals surface area contributed by atoms with Crippen LogP contribution >= 0.6 is 22.6 Å². The van der Waals surface area contributed by atoms with Crippen LogP contribution in [0.15, 0.2) is 0 Å². The van der Waals surface area contributed by atoms with Crippen molar-refractivity contribution in [2.45, 2.75) is 12.5 Å². The van der Waals surface area contributed by atoms with Gasteiger partial charge in [-0.2, -0.15) is 4.21 Å². The molecule has 0 N–H and O–H groups in total. The lowest BCUT2D eigenvalue weighted by atomic mass is 10.3. The molecule has 0 bridgehead atoms. The molecule has 0 aliphatic carbocycles. The maximum atomic E-state index is 10.4. The van der Waals surface area contributed by atoms with Crippen LogP contribution in [0.25, 0.3) is 0 Å². The Hall–Kier alpha value is 0.800. The van der Waals surface area contributed by atoms with Crippen molar-refractivity contribution in [1.82, 2.24) is 0 Å². The zero-order chi connectivity index (χ0) is 6.69. The van der Waals surface area contributed by atoms with E-state index >= 15 is 0 Å². The van der Waals surface area contributed by atoms with Gasteiger partial charge in [-0.05, 0) is 6.42 Å². The summed E-state index contributed by atoms with van der Waals surface area (Å²) in [6, 6.07) is 0. The molecule has 0 aromatic rings. The predicted octanol–water partition coefficient (Wildman–Crippen LogP) is 0.806. The summed E-state index contributed by atoms with van der Waals surface area (Å²) in [6.45, 7) is 0.482. The minimum atomic E-state index is -1.46. The summed E-state index contributed by atoms with van der Waals surface area (Å²) in [7, 11) is 0. The second kappa shape index (κ2) is 3.85. The van der Waals surface area contributed by atoms with Crippen molar-refractivity contribution in [3.8, 4) is 0 Å². The van der Waals surface area contributed by atoms with Crippen LogP contribution in [0, 0.1) is 0 Å². The minimum absolute atomic E-state index is 0.0581. The average Bonchev–Trinajstić information content (AvgIpc) is 2.17. The third-order valence-corrected chi connectivity index (χ3v) is 2.38. The summed E-state index contributed by atoms with van der Waals surface area (Å²) in [6.07, 6.45) is 0.981. The fourth-order valence-corrected chi connectivity index (χ4v) is 1.94. The van der Waals surface area contributed by atoms with Crippen molar-refractivity contribution in [2.75, 3.05) is 11.0 Å². The molecule has 5 heteroatoms. The van der Waals surface area contributed by atoms with Gasteiger partial charge in [0.05, 0.1) is 6.61 Å². The summed E-state index contributed by atoms with van der Waals surface area (Å²) >= 11 is 0.792. The largest absolute Gasteiger partial charge is 0.305 e. The zero-order valence-corrected chi connectivity index (χ0v) is 7.68. The van der Waals surface area contributed by atoms with E-state index in [1.165, 1.54) is 0 Å². The lowest BCUT2D eigenvalue weighted by Gasteiger charge is -1.98. The Labute approximate surface area is 70.1 Å². The van der Waals surface area contributed by atoms with E-state index in [4.69, 9.17) is 4.18 Å². The number of hydrogen-bond donors (Lipinski definition) is 0. The molecule has 1 fully saturated rings. The Morgan fingerprint density at radius 2 is 2.56 bits per heavy atom. The van der Waals surface area contributed by atoms with E-state index in [-0.39, 0.29) is 6.10 Å². The first-order chi connectivity index (χ1) is 4.33. The lowest BCUT2D eigenvalue weighted by Crippen LogP contribution is -2.08. The fourth-order valence-electron chi connectivity index (χ4n) is 0.551. The Kier molecular flexibility index (Phi) is 3.38. The second-order valence-corrected chi connectivity index (χ2v) is 3.60. The van der Waals surface area contributed by atoms with Gasteiger partial charge < -0.3 is 0 Å². The molecule has 0 aromatic carbocycles. The average molecular weight is 262 g/mol. The first-order valence-corrected chi connectivity index (χ1v) is 5.13. The molecule has 1 aliphatic heterocycles. The normalized spacial score (nSPS) is 35.2. The molecule has 0 saturated carbocycles. The van der Waals surface area contributed by atoms with Gasteiger partial charge in [0.1, 0.15) is 6.10 Å². The molecule has 0 amide bonds. The smallest absolute Gasteiger partial charge is 0.266 e. The van der Waals surface area contributed by atoms with Crippen molar-refractivity contribution in [3.05, 3.63) is 0 Å². The summed E-state index contributed by atoms with van der Waals surface area (Å²) in [4.78, 5) is 0. The Bertz CT molecular complexity index is 118. The molecule has 9 heavy (non-hydrogen) atoms. The number of hydrogen-bond acceptors (Lipinski definition) is 3. The van der Waals surface area contributed by atoms with Crippen LogP contribution in [-0.4, -0.2) is 21.3 Å². The van der Waals surface area contributed by atoms with E-state index in [9.17, 15) is 4.21 Å².